The van der Waals surface area contributed by atoms with Crippen molar-refractivity contribution in [3.8, 4) is 0 Å². The summed E-state index contributed by atoms with van der Waals surface area (Å²) in [4.78, 5) is 26.4. The lowest BCUT2D eigenvalue weighted by Crippen LogP contribution is -2.33. The van der Waals surface area contributed by atoms with Crippen molar-refractivity contribution in [2.75, 3.05) is 18.0 Å². The summed E-state index contributed by atoms with van der Waals surface area (Å²) in [5.74, 6) is -0.232. The van der Waals surface area contributed by atoms with Crippen molar-refractivity contribution in [1.29, 1.82) is 0 Å². The standard InChI is InChI=1S/C19H22N2O2/c1-2-3-11-20-19(23)15-12-18(22)21(13-15)17-10-6-8-14-7-4-5-9-16(14)17/h4-10,15H,2-3,11-13H2,1H3,(H,20,23)/t15-/m0/s1. The lowest BCUT2D eigenvalue weighted by Gasteiger charge is -2.19. The predicted octanol–water partition coefficient (Wildman–Crippen LogP) is 3.11. The lowest BCUT2D eigenvalue weighted by molar-refractivity contribution is -0.126. The summed E-state index contributed by atoms with van der Waals surface area (Å²) >= 11 is 0. The molecule has 0 aliphatic carbocycles. The van der Waals surface area contributed by atoms with Crippen LogP contribution < -0.4 is 10.2 Å². The van der Waals surface area contributed by atoms with E-state index in [1.165, 1.54) is 0 Å². The van der Waals surface area contributed by atoms with Gasteiger partial charge in [-0.2, -0.15) is 0 Å². The molecule has 0 unspecified atom stereocenters. The third-order valence-electron chi connectivity index (χ3n) is 4.38. The number of benzene rings is 2. The molecule has 1 aliphatic rings. The van der Waals surface area contributed by atoms with Crippen LogP contribution in [-0.2, 0) is 9.59 Å². The van der Waals surface area contributed by atoms with Crippen molar-refractivity contribution in [3.05, 3.63) is 42.5 Å². The van der Waals surface area contributed by atoms with Crippen LogP contribution in [-0.4, -0.2) is 24.9 Å². The van der Waals surface area contributed by atoms with E-state index in [1.807, 2.05) is 42.5 Å². The SMILES string of the molecule is CCCCNC(=O)[C@H]1CC(=O)N(c2cccc3ccccc23)C1. The average molecular weight is 310 g/mol. The van der Waals surface area contributed by atoms with Crippen molar-refractivity contribution < 1.29 is 9.59 Å². The van der Waals surface area contributed by atoms with E-state index in [9.17, 15) is 9.59 Å². The Balaban J connectivity index is 1.78. The Labute approximate surface area is 136 Å². The van der Waals surface area contributed by atoms with E-state index in [2.05, 4.69) is 12.2 Å². The van der Waals surface area contributed by atoms with E-state index in [-0.39, 0.29) is 17.7 Å². The molecule has 0 spiro atoms. The highest BCUT2D eigenvalue weighted by atomic mass is 16.2. The van der Waals surface area contributed by atoms with Gasteiger partial charge in [0, 0.05) is 24.9 Å². The largest absolute Gasteiger partial charge is 0.356 e. The van der Waals surface area contributed by atoms with E-state index in [0.29, 0.717) is 19.5 Å². The van der Waals surface area contributed by atoms with Crippen molar-refractivity contribution in [3.63, 3.8) is 0 Å². The molecule has 0 aromatic heterocycles. The van der Waals surface area contributed by atoms with Crippen LogP contribution in [0.25, 0.3) is 10.8 Å². The number of nitrogens with one attached hydrogen (secondary N) is 1. The molecule has 1 atom stereocenters. The fraction of sp³-hybridized carbons (Fsp3) is 0.368. The third kappa shape index (κ3) is 3.21. The summed E-state index contributed by atoms with van der Waals surface area (Å²) in [5, 5.41) is 5.09. The molecular weight excluding hydrogens is 288 g/mol. The highest BCUT2D eigenvalue weighted by molar-refractivity contribution is 6.06. The second-order valence-corrected chi connectivity index (χ2v) is 6.05. The highest BCUT2D eigenvalue weighted by Crippen LogP contribution is 2.31. The molecule has 120 valence electrons. The first-order valence-corrected chi connectivity index (χ1v) is 8.26. The van der Waals surface area contributed by atoms with E-state index >= 15 is 0 Å². The minimum Gasteiger partial charge on any atom is -0.356 e. The van der Waals surface area contributed by atoms with Crippen LogP contribution in [0.3, 0.4) is 0 Å². The fourth-order valence-corrected chi connectivity index (χ4v) is 3.09. The molecule has 23 heavy (non-hydrogen) atoms. The quantitative estimate of drug-likeness (QED) is 0.863. The van der Waals surface area contributed by atoms with Crippen molar-refractivity contribution in [1.82, 2.24) is 5.32 Å². The molecule has 1 aliphatic heterocycles. The number of unbranched alkanes of at least 4 members (excludes halogenated alkanes) is 1. The van der Waals surface area contributed by atoms with E-state index < -0.39 is 0 Å². The lowest BCUT2D eigenvalue weighted by atomic mass is 10.1. The van der Waals surface area contributed by atoms with Gasteiger partial charge >= 0.3 is 0 Å². The van der Waals surface area contributed by atoms with Gasteiger partial charge in [0.05, 0.1) is 11.6 Å². The van der Waals surface area contributed by atoms with Gasteiger partial charge in [0.15, 0.2) is 0 Å². The summed E-state index contributed by atoms with van der Waals surface area (Å²) in [6.07, 6.45) is 2.31. The van der Waals surface area contributed by atoms with Gasteiger partial charge in [-0.1, -0.05) is 49.7 Å². The number of carbonyl (C=O) groups excluding carboxylic acids is 2. The Bertz CT molecular complexity index is 721. The Hall–Kier alpha value is -2.36. The summed E-state index contributed by atoms with van der Waals surface area (Å²) in [5.41, 5.74) is 0.900. The summed E-state index contributed by atoms with van der Waals surface area (Å²) in [6, 6.07) is 14.0. The molecule has 2 aromatic rings. The van der Waals surface area contributed by atoms with Crippen LogP contribution in [0.5, 0.6) is 0 Å². The normalized spacial score (nSPS) is 17.7. The van der Waals surface area contributed by atoms with Gasteiger partial charge in [0.2, 0.25) is 11.8 Å². The molecular formula is C19H22N2O2. The fourth-order valence-electron chi connectivity index (χ4n) is 3.09. The molecule has 2 aromatic carbocycles. The summed E-state index contributed by atoms with van der Waals surface area (Å²) in [7, 11) is 0. The Morgan fingerprint density at radius 3 is 2.83 bits per heavy atom. The number of fused-ring (bicyclic) bond motifs is 1. The molecule has 1 N–H and O–H groups in total. The van der Waals surface area contributed by atoms with Gasteiger partial charge in [-0.3, -0.25) is 9.59 Å². The average Bonchev–Trinajstić information content (AvgIpc) is 2.96. The number of nitrogens with zero attached hydrogens (tertiary/aromatic N) is 1. The maximum Gasteiger partial charge on any atom is 0.227 e. The number of rotatable bonds is 5. The van der Waals surface area contributed by atoms with Crippen molar-refractivity contribution >= 4 is 28.3 Å². The molecule has 1 heterocycles. The Kier molecular flexibility index (Phi) is 4.60. The zero-order chi connectivity index (χ0) is 16.2. The smallest absolute Gasteiger partial charge is 0.227 e. The van der Waals surface area contributed by atoms with Crippen LogP contribution in [0.2, 0.25) is 0 Å². The van der Waals surface area contributed by atoms with Crippen LogP contribution in [0, 0.1) is 5.92 Å². The van der Waals surface area contributed by atoms with Gasteiger partial charge in [0.25, 0.3) is 0 Å². The number of hydrogen-bond donors (Lipinski definition) is 1. The van der Waals surface area contributed by atoms with Gasteiger partial charge in [-0.15, -0.1) is 0 Å². The molecule has 1 fully saturated rings. The molecule has 0 saturated carbocycles. The van der Waals surface area contributed by atoms with Crippen LogP contribution in [0.4, 0.5) is 5.69 Å². The summed E-state index contributed by atoms with van der Waals surface area (Å²) in [6.45, 7) is 3.24. The Morgan fingerprint density at radius 1 is 1.22 bits per heavy atom. The first kappa shape index (κ1) is 15.5. The third-order valence-corrected chi connectivity index (χ3v) is 4.38. The van der Waals surface area contributed by atoms with Crippen molar-refractivity contribution in [2.45, 2.75) is 26.2 Å². The molecule has 1 saturated heterocycles. The first-order valence-electron chi connectivity index (χ1n) is 8.26. The van der Waals surface area contributed by atoms with E-state index in [4.69, 9.17) is 0 Å². The number of amides is 2. The monoisotopic (exact) mass is 310 g/mol. The van der Waals surface area contributed by atoms with Crippen LogP contribution in [0.15, 0.2) is 42.5 Å². The highest BCUT2D eigenvalue weighted by Gasteiger charge is 2.35. The molecule has 2 amide bonds. The van der Waals surface area contributed by atoms with Gasteiger partial charge in [0.1, 0.15) is 0 Å². The second-order valence-electron chi connectivity index (χ2n) is 6.05. The van der Waals surface area contributed by atoms with Gasteiger partial charge < -0.3 is 10.2 Å². The molecule has 4 nitrogen and oxygen atoms in total. The molecule has 4 heteroatoms. The molecule has 3 rings (SSSR count). The molecule has 0 radical (unpaired) electrons. The van der Waals surface area contributed by atoms with E-state index in [0.717, 1.165) is 29.3 Å². The minimum atomic E-state index is -0.252. The van der Waals surface area contributed by atoms with Gasteiger partial charge in [-0.05, 0) is 17.9 Å². The minimum absolute atomic E-state index is 0.00506. The second kappa shape index (κ2) is 6.82. The topological polar surface area (TPSA) is 49.4 Å². The van der Waals surface area contributed by atoms with Gasteiger partial charge in [-0.25, -0.2) is 0 Å². The predicted molar refractivity (Wildman–Crippen MR) is 92.3 cm³/mol. The number of anilines is 1. The zero-order valence-corrected chi connectivity index (χ0v) is 13.4. The maximum absolute atomic E-state index is 12.4. The summed E-state index contributed by atoms with van der Waals surface area (Å²) < 4.78 is 0. The Morgan fingerprint density at radius 2 is 2.00 bits per heavy atom. The first-order chi connectivity index (χ1) is 11.2. The van der Waals surface area contributed by atoms with Crippen LogP contribution in [0.1, 0.15) is 26.2 Å². The van der Waals surface area contributed by atoms with E-state index in [1.54, 1.807) is 4.90 Å². The maximum atomic E-state index is 12.4. The van der Waals surface area contributed by atoms with Crippen molar-refractivity contribution in [2.24, 2.45) is 5.92 Å². The molecule has 0 bridgehead atoms. The zero-order valence-electron chi connectivity index (χ0n) is 13.4. The number of carbonyl (C=O) groups is 2. The number of hydrogen-bond acceptors (Lipinski definition) is 2. The van der Waals surface area contributed by atoms with Crippen LogP contribution >= 0.6 is 0 Å².